The van der Waals surface area contributed by atoms with Crippen LogP contribution in [0, 0.1) is 16.7 Å². The summed E-state index contributed by atoms with van der Waals surface area (Å²) >= 11 is 0. The van der Waals surface area contributed by atoms with Gasteiger partial charge in [0.1, 0.15) is 6.04 Å². The Morgan fingerprint density at radius 3 is 2.26 bits per heavy atom. The first-order chi connectivity index (χ1) is 16.2. The van der Waals surface area contributed by atoms with Crippen LogP contribution in [0.25, 0.3) is 0 Å². The van der Waals surface area contributed by atoms with Crippen molar-refractivity contribution >= 4 is 15.9 Å². The maximum atomic E-state index is 13.7. The van der Waals surface area contributed by atoms with Crippen LogP contribution in [-0.2, 0) is 14.8 Å². The van der Waals surface area contributed by atoms with Crippen LogP contribution < -0.4 is 0 Å². The van der Waals surface area contributed by atoms with Gasteiger partial charge in [-0.2, -0.15) is 5.06 Å². The molecule has 2 saturated heterocycles. The van der Waals surface area contributed by atoms with E-state index in [1.165, 1.54) is 54.3 Å². The van der Waals surface area contributed by atoms with Gasteiger partial charge < -0.3 is 5.21 Å². The quantitative estimate of drug-likeness (QED) is 0.361. The summed E-state index contributed by atoms with van der Waals surface area (Å²) in [7, 11) is -3.64. The monoisotopic (exact) mass is 496 g/mol. The molecular formula is C27H48N2O4S. The molecule has 4 aliphatic rings. The minimum Gasteiger partial charge on any atom is -0.313 e. The third-order valence-corrected chi connectivity index (χ3v) is 12.2. The molecule has 1 amide bonds. The maximum absolute atomic E-state index is 13.7. The van der Waals surface area contributed by atoms with Crippen LogP contribution >= 0.6 is 0 Å². The number of hydrogen-bond acceptors (Lipinski definition) is 5. The number of sulfonamides is 1. The number of amides is 1. The number of hydrogen-bond donors (Lipinski definition) is 1. The second kappa shape index (κ2) is 10.4. The van der Waals surface area contributed by atoms with Crippen LogP contribution in [0.3, 0.4) is 0 Å². The zero-order valence-electron chi connectivity index (χ0n) is 21.8. The average Bonchev–Trinajstić information content (AvgIpc) is 3.26. The maximum Gasteiger partial charge on any atom is 0.256 e. The number of carbonyl (C=O) groups is 1. The SMILES string of the molecule is CCCCCCCCCCC[C@@H]1CCC[C@H](C(=O)N2[C@@H]3C[C@H]4CC[C@]3(CS2(=O)=O)C4(C)C)N1O. The molecule has 2 bridgehead atoms. The highest BCUT2D eigenvalue weighted by atomic mass is 32.2. The number of unbranched alkanes of at least 4 members (excludes halogenated alkanes) is 8. The average molecular weight is 497 g/mol. The minimum absolute atomic E-state index is 0.0389. The largest absolute Gasteiger partial charge is 0.313 e. The van der Waals surface area contributed by atoms with Crippen molar-refractivity contribution in [3.8, 4) is 0 Å². The summed E-state index contributed by atoms with van der Waals surface area (Å²) in [4.78, 5) is 13.7. The number of hydroxylamine groups is 2. The van der Waals surface area contributed by atoms with Gasteiger partial charge in [0.05, 0.1) is 11.8 Å². The molecule has 0 aromatic heterocycles. The molecule has 196 valence electrons. The first-order valence-corrected chi connectivity index (χ1v) is 15.8. The highest BCUT2D eigenvalue weighted by molar-refractivity contribution is 7.90. The molecule has 0 aromatic carbocycles. The van der Waals surface area contributed by atoms with Crippen molar-refractivity contribution in [2.75, 3.05) is 5.75 Å². The Labute approximate surface area is 207 Å². The predicted molar refractivity (Wildman–Crippen MR) is 135 cm³/mol. The first kappa shape index (κ1) is 26.4. The zero-order valence-corrected chi connectivity index (χ0v) is 22.6. The summed E-state index contributed by atoms with van der Waals surface area (Å²) in [6.07, 6.45) is 17.3. The van der Waals surface area contributed by atoms with Crippen molar-refractivity contribution < 1.29 is 18.4 Å². The van der Waals surface area contributed by atoms with E-state index in [0.29, 0.717) is 12.3 Å². The summed E-state index contributed by atoms with van der Waals surface area (Å²) in [6, 6.07) is -0.975. The second-order valence-corrected chi connectivity index (χ2v) is 14.2. The Kier molecular flexibility index (Phi) is 8.05. The van der Waals surface area contributed by atoms with Gasteiger partial charge in [-0.15, -0.1) is 0 Å². The number of rotatable bonds is 11. The fourth-order valence-electron chi connectivity index (χ4n) is 8.00. The third-order valence-electron chi connectivity index (χ3n) is 10.3. The van der Waals surface area contributed by atoms with Crippen molar-refractivity contribution in [2.24, 2.45) is 16.7 Å². The van der Waals surface area contributed by atoms with E-state index in [9.17, 15) is 18.4 Å². The molecular weight excluding hydrogens is 448 g/mol. The van der Waals surface area contributed by atoms with Crippen LogP contribution in [0.4, 0.5) is 0 Å². The Morgan fingerprint density at radius 1 is 0.971 bits per heavy atom. The number of piperidine rings is 1. The molecule has 0 aromatic rings. The second-order valence-electron chi connectivity index (χ2n) is 12.4. The Bertz CT molecular complexity index is 828. The molecule has 1 spiro atoms. The zero-order chi connectivity index (χ0) is 24.6. The van der Waals surface area contributed by atoms with Crippen molar-refractivity contribution in [3.63, 3.8) is 0 Å². The summed E-state index contributed by atoms with van der Waals surface area (Å²) in [5.41, 5.74) is -0.360. The molecule has 0 radical (unpaired) electrons. The van der Waals surface area contributed by atoms with Crippen LogP contribution in [0.15, 0.2) is 0 Å². The van der Waals surface area contributed by atoms with Gasteiger partial charge in [0.25, 0.3) is 5.91 Å². The molecule has 4 rings (SSSR count). The minimum atomic E-state index is -3.64. The van der Waals surface area contributed by atoms with E-state index in [2.05, 4.69) is 20.8 Å². The van der Waals surface area contributed by atoms with E-state index in [1.54, 1.807) is 0 Å². The fraction of sp³-hybridized carbons (Fsp3) is 0.963. The van der Waals surface area contributed by atoms with Crippen molar-refractivity contribution in [1.82, 2.24) is 9.37 Å². The van der Waals surface area contributed by atoms with Crippen LogP contribution in [0.1, 0.15) is 124 Å². The predicted octanol–water partition coefficient (Wildman–Crippen LogP) is 5.89. The lowest BCUT2D eigenvalue weighted by atomic mass is 9.69. The fourth-order valence-corrected chi connectivity index (χ4v) is 10.6. The third kappa shape index (κ3) is 4.58. The normalized spacial score (nSPS) is 36.2. The molecule has 34 heavy (non-hydrogen) atoms. The standard InChI is InChI=1S/C27H48N2O4S/c1-4-5-6-7-8-9-10-11-12-14-22-15-13-16-23(28(22)31)25(30)29-24-19-21-17-18-27(24,26(21,2)3)20-34(29,32)33/h21-24,31H,4-20H2,1-3H3/t21-,22-,23-,24-,27-/m1/s1. The molecule has 7 heteroatoms. The van der Waals surface area contributed by atoms with Gasteiger partial charge in [0, 0.05) is 11.5 Å². The Balaban J connectivity index is 1.31. The van der Waals surface area contributed by atoms with E-state index in [1.807, 2.05) is 0 Å². The van der Waals surface area contributed by atoms with Crippen molar-refractivity contribution in [3.05, 3.63) is 0 Å². The van der Waals surface area contributed by atoms with Crippen LogP contribution in [0.5, 0.6) is 0 Å². The van der Waals surface area contributed by atoms with Crippen molar-refractivity contribution in [1.29, 1.82) is 0 Å². The number of carbonyl (C=O) groups excluding carboxylic acids is 1. The lowest BCUT2D eigenvalue weighted by molar-refractivity contribution is -0.190. The molecule has 0 unspecified atom stereocenters. The van der Waals surface area contributed by atoms with Gasteiger partial charge in [-0.1, -0.05) is 78.6 Å². The lowest BCUT2D eigenvalue weighted by Crippen LogP contribution is -2.56. The Morgan fingerprint density at radius 2 is 1.62 bits per heavy atom. The highest BCUT2D eigenvalue weighted by Gasteiger charge is 2.72. The van der Waals surface area contributed by atoms with E-state index in [0.717, 1.165) is 51.4 Å². The summed E-state index contributed by atoms with van der Waals surface area (Å²) in [5, 5.41) is 12.3. The number of fused-ring (bicyclic) bond motifs is 1. The van der Waals surface area contributed by atoms with E-state index in [4.69, 9.17) is 0 Å². The van der Waals surface area contributed by atoms with Gasteiger partial charge in [-0.05, 0) is 56.3 Å². The van der Waals surface area contributed by atoms with Gasteiger partial charge in [-0.3, -0.25) is 4.79 Å². The first-order valence-electron chi connectivity index (χ1n) is 14.2. The van der Waals surface area contributed by atoms with Gasteiger partial charge in [0.15, 0.2) is 0 Å². The molecule has 6 nitrogen and oxygen atoms in total. The number of nitrogens with zero attached hydrogens (tertiary/aromatic N) is 2. The smallest absolute Gasteiger partial charge is 0.256 e. The van der Waals surface area contributed by atoms with Crippen LogP contribution in [0.2, 0.25) is 0 Å². The van der Waals surface area contributed by atoms with E-state index >= 15 is 0 Å². The van der Waals surface area contributed by atoms with Gasteiger partial charge >= 0.3 is 0 Å². The molecule has 2 aliphatic heterocycles. The summed E-state index contributed by atoms with van der Waals surface area (Å²) in [6.45, 7) is 6.65. The molecule has 2 aliphatic carbocycles. The van der Waals surface area contributed by atoms with Crippen molar-refractivity contribution in [2.45, 2.75) is 142 Å². The van der Waals surface area contributed by atoms with Gasteiger partial charge in [-0.25, -0.2) is 12.7 Å². The molecule has 1 N–H and O–H groups in total. The highest BCUT2D eigenvalue weighted by Crippen LogP contribution is 2.70. The topological polar surface area (TPSA) is 77.9 Å². The molecule has 4 fully saturated rings. The molecule has 2 heterocycles. The van der Waals surface area contributed by atoms with E-state index in [-0.39, 0.29) is 34.6 Å². The van der Waals surface area contributed by atoms with E-state index < -0.39 is 16.1 Å². The van der Waals surface area contributed by atoms with Crippen LogP contribution in [-0.4, -0.2) is 52.8 Å². The van der Waals surface area contributed by atoms with Gasteiger partial charge in [0.2, 0.25) is 10.0 Å². The Hall–Kier alpha value is -0.660. The summed E-state index contributed by atoms with van der Waals surface area (Å²) in [5.74, 6) is 0.212. The summed E-state index contributed by atoms with van der Waals surface area (Å²) < 4.78 is 27.8. The molecule has 5 atom stereocenters. The lowest BCUT2D eigenvalue weighted by Gasteiger charge is -2.40. The molecule has 2 saturated carbocycles.